The lowest BCUT2D eigenvalue weighted by Gasteiger charge is -2.28. The van der Waals surface area contributed by atoms with Crippen LogP contribution in [0.15, 0.2) is 48.5 Å². The van der Waals surface area contributed by atoms with E-state index in [4.69, 9.17) is 26.8 Å². The van der Waals surface area contributed by atoms with Crippen molar-refractivity contribution in [2.45, 2.75) is 6.54 Å². The highest BCUT2D eigenvalue weighted by Crippen LogP contribution is 2.35. The van der Waals surface area contributed by atoms with Crippen LogP contribution in [0.5, 0.6) is 0 Å². The number of morpholine rings is 2. The van der Waals surface area contributed by atoms with Crippen molar-refractivity contribution in [1.82, 2.24) is 9.88 Å². The topological polar surface area (TPSA) is 83.8 Å². The Morgan fingerprint density at radius 2 is 1.64 bits per heavy atom. The molecule has 0 radical (unpaired) electrons. The van der Waals surface area contributed by atoms with Gasteiger partial charge < -0.3 is 25.1 Å². The van der Waals surface area contributed by atoms with Gasteiger partial charge in [-0.15, -0.1) is 0 Å². The fraction of sp³-hybridized carbons (Fsp3) is 0.321. The van der Waals surface area contributed by atoms with Gasteiger partial charge in [0.2, 0.25) is 0 Å². The number of carbonyl (C=O) groups is 1. The van der Waals surface area contributed by atoms with Crippen LogP contribution >= 0.6 is 11.6 Å². The summed E-state index contributed by atoms with van der Waals surface area (Å²) in [7, 11) is 0. The maximum Gasteiger partial charge on any atom is 0.250 e. The summed E-state index contributed by atoms with van der Waals surface area (Å²) in [6.45, 7) is 7.31. The number of nitrogens with one attached hydrogen (secondary N) is 1. The zero-order valence-corrected chi connectivity index (χ0v) is 20.8. The fourth-order valence-corrected chi connectivity index (χ4v) is 5.47. The number of benzene rings is 3. The molecular formula is C28H29ClN4O3. The first kappa shape index (κ1) is 23.3. The molecule has 2 fully saturated rings. The predicted octanol–water partition coefficient (Wildman–Crippen LogP) is 4.41. The van der Waals surface area contributed by atoms with Gasteiger partial charge in [-0.25, -0.2) is 0 Å². The molecule has 36 heavy (non-hydrogen) atoms. The van der Waals surface area contributed by atoms with Crippen LogP contribution in [0.1, 0.15) is 15.9 Å². The number of nitrogens with zero attached hydrogens (tertiary/aromatic N) is 2. The molecule has 0 spiro atoms. The van der Waals surface area contributed by atoms with Crippen molar-refractivity contribution in [2.75, 3.05) is 57.5 Å². The van der Waals surface area contributed by atoms with Gasteiger partial charge in [0.25, 0.3) is 5.91 Å². The molecule has 1 aromatic heterocycles. The van der Waals surface area contributed by atoms with E-state index in [1.54, 1.807) is 0 Å². The van der Waals surface area contributed by atoms with Gasteiger partial charge in [0.1, 0.15) is 0 Å². The molecule has 8 heteroatoms. The Balaban J connectivity index is 1.39. The molecule has 186 valence electrons. The number of anilines is 1. The molecule has 0 bridgehead atoms. The number of hydrogen-bond acceptors (Lipinski definition) is 5. The molecule has 2 saturated heterocycles. The summed E-state index contributed by atoms with van der Waals surface area (Å²) in [5.74, 6) is -0.461. The Bertz CT molecular complexity index is 1440. The number of H-pyrrole nitrogens is 1. The van der Waals surface area contributed by atoms with Crippen molar-refractivity contribution in [3.8, 4) is 11.1 Å². The smallest absolute Gasteiger partial charge is 0.250 e. The number of primary amides is 1. The normalized spacial score (nSPS) is 17.2. The van der Waals surface area contributed by atoms with Crippen LogP contribution in [-0.2, 0) is 16.0 Å². The predicted molar refractivity (Wildman–Crippen MR) is 144 cm³/mol. The highest BCUT2D eigenvalue weighted by atomic mass is 35.5. The lowest BCUT2D eigenvalue weighted by atomic mass is 9.98. The van der Waals surface area contributed by atoms with Gasteiger partial charge in [0, 0.05) is 59.7 Å². The maximum atomic E-state index is 12.5. The highest BCUT2D eigenvalue weighted by molar-refractivity contribution is 6.31. The van der Waals surface area contributed by atoms with E-state index in [1.807, 2.05) is 12.1 Å². The molecule has 0 aliphatic carbocycles. The molecule has 0 atom stereocenters. The summed E-state index contributed by atoms with van der Waals surface area (Å²) >= 11 is 6.71. The quantitative estimate of drug-likeness (QED) is 0.420. The molecule has 2 aliphatic heterocycles. The molecule has 3 aromatic carbocycles. The van der Waals surface area contributed by atoms with Gasteiger partial charge in [-0.3, -0.25) is 9.69 Å². The third-order valence-corrected chi connectivity index (χ3v) is 7.57. The summed E-state index contributed by atoms with van der Waals surface area (Å²) in [4.78, 5) is 20.6. The zero-order chi connectivity index (χ0) is 24.6. The first-order valence-electron chi connectivity index (χ1n) is 12.4. The van der Waals surface area contributed by atoms with Gasteiger partial charge in [0.05, 0.1) is 37.5 Å². The first-order valence-corrected chi connectivity index (χ1v) is 12.8. The average Bonchev–Trinajstić information content (AvgIpc) is 3.28. The van der Waals surface area contributed by atoms with Crippen LogP contribution < -0.4 is 10.6 Å². The van der Waals surface area contributed by atoms with E-state index in [0.29, 0.717) is 10.6 Å². The van der Waals surface area contributed by atoms with E-state index < -0.39 is 5.91 Å². The van der Waals surface area contributed by atoms with E-state index in [0.717, 1.165) is 103 Å². The summed E-state index contributed by atoms with van der Waals surface area (Å²) in [6, 6.07) is 16.5. The molecule has 4 aromatic rings. The van der Waals surface area contributed by atoms with Crippen molar-refractivity contribution >= 4 is 45.0 Å². The molecule has 2 aliphatic rings. The van der Waals surface area contributed by atoms with E-state index in [-0.39, 0.29) is 0 Å². The van der Waals surface area contributed by atoms with Crippen molar-refractivity contribution in [3.05, 3.63) is 64.7 Å². The second-order valence-electron chi connectivity index (χ2n) is 9.46. The molecule has 0 unspecified atom stereocenters. The third-order valence-electron chi connectivity index (χ3n) is 7.22. The lowest BCUT2D eigenvalue weighted by Crippen LogP contribution is -2.36. The molecule has 1 amide bonds. The Hall–Kier alpha value is -3.10. The Kier molecular flexibility index (Phi) is 6.31. The number of ether oxygens (including phenoxy) is 2. The van der Waals surface area contributed by atoms with E-state index in [2.05, 4.69) is 51.2 Å². The number of fused-ring (bicyclic) bond motifs is 3. The van der Waals surface area contributed by atoms with Crippen molar-refractivity contribution in [1.29, 1.82) is 0 Å². The molecule has 0 saturated carbocycles. The van der Waals surface area contributed by atoms with Crippen LogP contribution in [-0.4, -0.2) is 68.4 Å². The number of hydrogen-bond donors (Lipinski definition) is 2. The summed E-state index contributed by atoms with van der Waals surface area (Å²) in [6.07, 6.45) is 0. The number of halogens is 1. The minimum absolute atomic E-state index is 0.461. The fourth-order valence-electron chi connectivity index (χ4n) is 5.23. The standard InChI is InChI=1S/C28H29ClN4O3/c29-25-15-18(1-2-19(25)17-32-5-9-35-10-6-32)20-13-23-22-4-3-21(33-7-11-36-12-8-33)16-26(22)31-27(23)24(14-20)28(30)34/h1-4,13-16,31H,5-12,17H2,(H2,30,34). The second kappa shape index (κ2) is 9.75. The number of carbonyl (C=O) groups excluding carboxylic acids is 1. The van der Waals surface area contributed by atoms with E-state index in [9.17, 15) is 4.79 Å². The molecule has 3 heterocycles. The van der Waals surface area contributed by atoms with Crippen LogP contribution in [0.3, 0.4) is 0 Å². The van der Waals surface area contributed by atoms with Crippen LogP contribution in [0.4, 0.5) is 5.69 Å². The Labute approximate surface area is 214 Å². The van der Waals surface area contributed by atoms with Crippen molar-refractivity contribution in [2.24, 2.45) is 5.73 Å². The molecule has 7 nitrogen and oxygen atoms in total. The van der Waals surface area contributed by atoms with E-state index in [1.165, 1.54) is 0 Å². The highest BCUT2D eigenvalue weighted by Gasteiger charge is 2.18. The molecular weight excluding hydrogens is 476 g/mol. The molecule has 3 N–H and O–H groups in total. The summed E-state index contributed by atoms with van der Waals surface area (Å²) in [5, 5.41) is 2.74. The molecule has 6 rings (SSSR count). The van der Waals surface area contributed by atoms with Gasteiger partial charge in [0.15, 0.2) is 0 Å². The number of aromatic nitrogens is 1. The lowest BCUT2D eigenvalue weighted by molar-refractivity contribution is 0.0342. The van der Waals surface area contributed by atoms with Crippen LogP contribution in [0, 0.1) is 0 Å². The minimum Gasteiger partial charge on any atom is -0.379 e. The monoisotopic (exact) mass is 504 g/mol. The third kappa shape index (κ3) is 4.44. The number of nitrogens with two attached hydrogens (primary N) is 1. The van der Waals surface area contributed by atoms with Crippen molar-refractivity contribution in [3.63, 3.8) is 0 Å². The SMILES string of the molecule is NC(=O)c1cc(-c2ccc(CN3CCOCC3)c(Cl)c2)cc2c1[nH]c1cc(N3CCOCC3)ccc12. The number of amides is 1. The summed E-state index contributed by atoms with van der Waals surface area (Å²) < 4.78 is 10.9. The summed E-state index contributed by atoms with van der Waals surface area (Å²) in [5.41, 5.74) is 12.1. The van der Waals surface area contributed by atoms with Crippen molar-refractivity contribution < 1.29 is 14.3 Å². The number of rotatable bonds is 5. The Morgan fingerprint density at radius 1 is 0.889 bits per heavy atom. The van der Waals surface area contributed by atoms with E-state index >= 15 is 0 Å². The van der Waals surface area contributed by atoms with Gasteiger partial charge in [-0.2, -0.15) is 0 Å². The van der Waals surface area contributed by atoms with Gasteiger partial charge in [-0.1, -0.05) is 29.8 Å². The first-order chi connectivity index (χ1) is 17.6. The van der Waals surface area contributed by atoms with Crippen LogP contribution in [0.25, 0.3) is 32.9 Å². The average molecular weight is 505 g/mol. The zero-order valence-electron chi connectivity index (χ0n) is 20.1. The second-order valence-corrected chi connectivity index (χ2v) is 9.87. The maximum absolute atomic E-state index is 12.5. The largest absolute Gasteiger partial charge is 0.379 e. The Morgan fingerprint density at radius 3 is 2.36 bits per heavy atom. The van der Waals surface area contributed by atoms with Crippen LogP contribution in [0.2, 0.25) is 5.02 Å². The number of aromatic amines is 1. The minimum atomic E-state index is -0.461. The van der Waals surface area contributed by atoms with Gasteiger partial charge >= 0.3 is 0 Å². The van der Waals surface area contributed by atoms with Gasteiger partial charge in [-0.05, 0) is 47.0 Å².